The Kier molecular flexibility index (Phi) is 7.64. The van der Waals surface area contributed by atoms with Gasteiger partial charge in [0, 0.05) is 17.4 Å². The summed E-state index contributed by atoms with van der Waals surface area (Å²) >= 11 is 1.82. The molecule has 0 heterocycles. The molecule has 18 heavy (non-hydrogen) atoms. The quantitative estimate of drug-likeness (QED) is 0.581. The minimum atomic E-state index is 0.425. The van der Waals surface area contributed by atoms with Crippen LogP contribution in [-0.2, 0) is 0 Å². The van der Waals surface area contributed by atoms with Crippen molar-refractivity contribution in [1.82, 2.24) is 5.32 Å². The first-order valence-electron chi connectivity index (χ1n) is 6.59. The van der Waals surface area contributed by atoms with Crippen molar-refractivity contribution in [2.75, 3.05) is 12.8 Å². The third-order valence-corrected chi connectivity index (χ3v) is 3.70. The van der Waals surface area contributed by atoms with Gasteiger partial charge in [-0.25, -0.2) is 0 Å². The summed E-state index contributed by atoms with van der Waals surface area (Å²) in [6.45, 7) is 5.17. The van der Waals surface area contributed by atoms with Gasteiger partial charge in [-0.2, -0.15) is 0 Å². The van der Waals surface area contributed by atoms with Crippen molar-refractivity contribution in [2.24, 2.45) is 0 Å². The molecule has 1 unspecified atom stereocenters. The molecule has 1 aromatic carbocycles. The summed E-state index contributed by atoms with van der Waals surface area (Å²) in [4.78, 5) is 1.37. The Balaban J connectivity index is 2.81. The van der Waals surface area contributed by atoms with Gasteiger partial charge >= 0.3 is 0 Å². The number of benzene rings is 1. The molecule has 1 aromatic rings. The van der Waals surface area contributed by atoms with E-state index in [4.69, 9.17) is 0 Å². The van der Waals surface area contributed by atoms with Gasteiger partial charge in [0.2, 0.25) is 0 Å². The van der Waals surface area contributed by atoms with Crippen LogP contribution < -0.4 is 5.32 Å². The summed E-state index contributed by atoms with van der Waals surface area (Å²) < 4.78 is 0. The van der Waals surface area contributed by atoms with Crippen molar-refractivity contribution in [2.45, 2.75) is 44.0 Å². The molecule has 2 heteroatoms. The van der Waals surface area contributed by atoms with Crippen LogP contribution in [0.4, 0.5) is 0 Å². The van der Waals surface area contributed by atoms with Crippen LogP contribution in [0, 0.1) is 11.8 Å². The molecule has 0 radical (unpaired) electrons. The molecule has 0 aliphatic rings. The first-order valence-corrected chi connectivity index (χ1v) is 7.81. The van der Waals surface area contributed by atoms with Crippen LogP contribution in [0.5, 0.6) is 0 Å². The molecule has 0 aromatic heterocycles. The maximum absolute atomic E-state index is 3.64. The van der Waals surface area contributed by atoms with Crippen molar-refractivity contribution in [3.05, 3.63) is 29.8 Å². The third kappa shape index (κ3) is 4.76. The monoisotopic (exact) mass is 261 g/mol. The van der Waals surface area contributed by atoms with Crippen molar-refractivity contribution in [3.8, 4) is 11.8 Å². The van der Waals surface area contributed by atoms with Crippen molar-refractivity contribution in [3.63, 3.8) is 0 Å². The van der Waals surface area contributed by atoms with Crippen LogP contribution in [0.2, 0.25) is 0 Å². The van der Waals surface area contributed by atoms with E-state index in [-0.39, 0.29) is 0 Å². The molecule has 1 atom stereocenters. The first-order chi connectivity index (χ1) is 8.83. The highest BCUT2D eigenvalue weighted by atomic mass is 32.2. The van der Waals surface area contributed by atoms with Gasteiger partial charge in [0.05, 0.1) is 0 Å². The van der Waals surface area contributed by atoms with Gasteiger partial charge in [-0.05, 0) is 44.2 Å². The van der Waals surface area contributed by atoms with E-state index in [1.54, 1.807) is 0 Å². The summed E-state index contributed by atoms with van der Waals surface area (Å²) in [5.41, 5.74) is 1.41. The fourth-order valence-electron chi connectivity index (χ4n) is 1.98. The maximum Gasteiger partial charge on any atom is 0.0340 e. The van der Waals surface area contributed by atoms with Gasteiger partial charge in [0.25, 0.3) is 0 Å². The van der Waals surface area contributed by atoms with Gasteiger partial charge in [-0.1, -0.05) is 25.1 Å². The van der Waals surface area contributed by atoms with Crippen LogP contribution >= 0.6 is 11.8 Å². The Labute approximate surface area is 116 Å². The highest BCUT2D eigenvalue weighted by molar-refractivity contribution is 7.98. The SMILES string of the molecule is CC#CCCC(NCCC)c1ccccc1SC. The topological polar surface area (TPSA) is 12.0 Å². The second-order valence-electron chi connectivity index (χ2n) is 4.21. The molecule has 0 bridgehead atoms. The summed E-state index contributed by atoms with van der Waals surface area (Å²) in [6, 6.07) is 9.10. The Morgan fingerprint density at radius 3 is 2.78 bits per heavy atom. The molecule has 0 aliphatic carbocycles. The van der Waals surface area contributed by atoms with Gasteiger partial charge in [0.15, 0.2) is 0 Å². The zero-order valence-corrected chi connectivity index (χ0v) is 12.4. The average Bonchev–Trinajstić information content (AvgIpc) is 2.42. The lowest BCUT2D eigenvalue weighted by molar-refractivity contribution is 0.499. The molecule has 0 amide bonds. The van der Waals surface area contributed by atoms with Gasteiger partial charge < -0.3 is 5.32 Å². The Morgan fingerprint density at radius 1 is 1.33 bits per heavy atom. The van der Waals surface area contributed by atoms with Crippen molar-refractivity contribution >= 4 is 11.8 Å². The largest absolute Gasteiger partial charge is 0.310 e. The predicted octanol–water partition coefficient (Wildman–Crippen LogP) is 4.25. The summed E-state index contributed by atoms with van der Waals surface area (Å²) in [6.07, 6.45) is 5.35. The standard InChI is InChI=1S/C16H23NS/c1-4-6-7-11-15(17-13-5-2)14-10-8-9-12-16(14)18-3/h8-10,12,15,17H,5,7,11,13H2,1-3H3. The van der Waals surface area contributed by atoms with E-state index >= 15 is 0 Å². The minimum Gasteiger partial charge on any atom is -0.310 e. The zero-order chi connectivity index (χ0) is 13.2. The van der Waals surface area contributed by atoms with Crippen LogP contribution in [-0.4, -0.2) is 12.8 Å². The molecule has 1 rings (SSSR count). The Hall–Kier alpha value is -0.910. The number of rotatable bonds is 7. The molecule has 1 nitrogen and oxygen atoms in total. The number of thioether (sulfide) groups is 1. The number of hydrogen-bond acceptors (Lipinski definition) is 2. The van der Waals surface area contributed by atoms with Crippen LogP contribution in [0.3, 0.4) is 0 Å². The highest BCUT2D eigenvalue weighted by Crippen LogP contribution is 2.28. The smallest absolute Gasteiger partial charge is 0.0340 e. The number of nitrogens with one attached hydrogen (secondary N) is 1. The molecule has 0 spiro atoms. The van der Waals surface area contributed by atoms with Crippen molar-refractivity contribution < 1.29 is 0 Å². The molecule has 0 aliphatic heterocycles. The lowest BCUT2D eigenvalue weighted by Gasteiger charge is -2.20. The van der Waals surface area contributed by atoms with E-state index in [9.17, 15) is 0 Å². The second kappa shape index (κ2) is 9.08. The summed E-state index contributed by atoms with van der Waals surface area (Å²) in [7, 11) is 0. The lowest BCUT2D eigenvalue weighted by Crippen LogP contribution is -2.22. The van der Waals surface area contributed by atoms with Gasteiger partial charge in [-0.3, -0.25) is 0 Å². The minimum absolute atomic E-state index is 0.425. The Bertz CT molecular complexity index is 403. The summed E-state index contributed by atoms with van der Waals surface area (Å²) in [5, 5.41) is 3.64. The number of hydrogen-bond donors (Lipinski definition) is 1. The average molecular weight is 261 g/mol. The molecule has 0 saturated heterocycles. The highest BCUT2D eigenvalue weighted by Gasteiger charge is 2.13. The zero-order valence-electron chi connectivity index (χ0n) is 11.6. The molecular weight excluding hydrogens is 238 g/mol. The maximum atomic E-state index is 3.64. The van der Waals surface area contributed by atoms with Crippen LogP contribution in [0.15, 0.2) is 29.2 Å². The van der Waals surface area contributed by atoms with Crippen LogP contribution in [0.1, 0.15) is 44.7 Å². The molecular formula is C16H23NS. The van der Waals surface area contributed by atoms with E-state index in [1.807, 2.05) is 18.7 Å². The fraction of sp³-hybridized carbons (Fsp3) is 0.500. The second-order valence-corrected chi connectivity index (χ2v) is 5.06. The normalized spacial score (nSPS) is 11.7. The van der Waals surface area contributed by atoms with Gasteiger partial charge in [0.1, 0.15) is 0 Å². The summed E-state index contributed by atoms with van der Waals surface area (Å²) in [5.74, 6) is 6.14. The first kappa shape index (κ1) is 15.1. The van der Waals surface area contributed by atoms with E-state index in [2.05, 4.69) is 54.6 Å². The van der Waals surface area contributed by atoms with E-state index in [0.717, 1.165) is 25.8 Å². The van der Waals surface area contributed by atoms with Crippen molar-refractivity contribution in [1.29, 1.82) is 0 Å². The molecule has 1 N–H and O–H groups in total. The van der Waals surface area contributed by atoms with E-state index in [0.29, 0.717) is 6.04 Å². The third-order valence-electron chi connectivity index (χ3n) is 2.89. The van der Waals surface area contributed by atoms with Gasteiger partial charge in [-0.15, -0.1) is 23.6 Å². The lowest BCUT2D eigenvalue weighted by atomic mass is 10.0. The van der Waals surface area contributed by atoms with E-state index in [1.165, 1.54) is 10.5 Å². The fourth-order valence-corrected chi connectivity index (χ4v) is 2.64. The molecule has 0 saturated carbocycles. The Morgan fingerprint density at radius 2 is 2.11 bits per heavy atom. The predicted molar refractivity (Wildman–Crippen MR) is 81.9 cm³/mol. The van der Waals surface area contributed by atoms with Crippen LogP contribution in [0.25, 0.3) is 0 Å². The van der Waals surface area contributed by atoms with E-state index < -0.39 is 0 Å². The molecule has 98 valence electrons. The molecule has 0 fully saturated rings.